The number of rotatable bonds is 7. The van der Waals surface area contributed by atoms with Gasteiger partial charge in [0, 0.05) is 18.7 Å². The van der Waals surface area contributed by atoms with Crippen molar-refractivity contribution in [3.05, 3.63) is 29.8 Å². The molecule has 0 spiro atoms. The van der Waals surface area contributed by atoms with E-state index in [1.165, 1.54) is 0 Å². The van der Waals surface area contributed by atoms with Gasteiger partial charge in [-0.2, -0.15) is 0 Å². The van der Waals surface area contributed by atoms with E-state index in [1.807, 2.05) is 6.92 Å². The average molecular weight is 310 g/mol. The fraction of sp³-hybridized carbons (Fsp3) is 0.467. The normalized spacial score (nSPS) is 12.5. The van der Waals surface area contributed by atoms with Crippen molar-refractivity contribution in [1.82, 2.24) is 4.72 Å². The predicted molar refractivity (Wildman–Crippen MR) is 83.3 cm³/mol. The summed E-state index contributed by atoms with van der Waals surface area (Å²) >= 11 is 0. The number of hydrogen-bond acceptors (Lipinski definition) is 4. The third-order valence-corrected chi connectivity index (χ3v) is 4.41. The molecule has 1 aromatic carbocycles. The van der Waals surface area contributed by atoms with Gasteiger partial charge in [0.25, 0.3) is 0 Å². The number of nitrogens with one attached hydrogen (secondary N) is 1. The molecule has 1 rings (SSSR count). The van der Waals surface area contributed by atoms with Crippen LogP contribution in [0.1, 0.15) is 25.3 Å². The molecule has 5 nitrogen and oxygen atoms in total. The van der Waals surface area contributed by atoms with E-state index in [2.05, 4.69) is 16.6 Å². The first-order valence-corrected chi connectivity index (χ1v) is 8.32. The summed E-state index contributed by atoms with van der Waals surface area (Å²) in [6.07, 6.45) is 1.58. The van der Waals surface area contributed by atoms with Gasteiger partial charge in [0.2, 0.25) is 10.0 Å². The van der Waals surface area contributed by atoms with Crippen molar-refractivity contribution in [1.29, 1.82) is 0 Å². The van der Waals surface area contributed by atoms with E-state index >= 15 is 0 Å². The Kier molecular flexibility index (Phi) is 7.40. The van der Waals surface area contributed by atoms with Gasteiger partial charge in [-0.15, -0.1) is 0 Å². The van der Waals surface area contributed by atoms with Gasteiger partial charge in [0.15, 0.2) is 0 Å². The zero-order valence-corrected chi connectivity index (χ0v) is 13.2. The summed E-state index contributed by atoms with van der Waals surface area (Å²) in [7, 11) is -2.09. The van der Waals surface area contributed by atoms with E-state index in [0.29, 0.717) is 18.6 Å². The van der Waals surface area contributed by atoms with Gasteiger partial charge in [-0.3, -0.25) is 0 Å². The molecule has 0 fully saturated rings. The monoisotopic (exact) mass is 310 g/mol. The van der Waals surface area contributed by atoms with Crippen LogP contribution in [0.3, 0.4) is 0 Å². The minimum absolute atomic E-state index is 0.170. The molecule has 1 unspecified atom stereocenters. The van der Waals surface area contributed by atoms with Crippen molar-refractivity contribution < 1.29 is 13.2 Å². The van der Waals surface area contributed by atoms with Crippen molar-refractivity contribution in [2.24, 2.45) is 5.73 Å². The maximum atomic E-state index is 12.5. The molecule has 6 heteroatoms. The second-order valence-electron chi connectivity index (χ2n) is 4.56. The van der Waals surface area contributed by atoms with Gasteiger partial charge in [0.1, 0.15) is 0 Å². The van der Waals surface area contributed by atoms with Gasteiger partial charge >= 0.3 is 0 Å². The number of ether oxygens (including phenoxy) is 1. The highest BCUT2D eigenvalue weighted by molar-refractivity contribution is 7.89. The highest BCUT2D eigenvalue weighted by Gasteiger charge is 2.21. The number of benzene rings is 1. The van der Waals surface area contributed by atoms with Gasteiger partial charge in [-0.1, -0.05) is 37.3 Å². The first kappa shape index (κ1) is 17.7. The predicted octanol–water partition coefficient (Wildman–Crippen LogP) is 1.09. The Bertz CT molecular complexity index is 597. The molecule has 3 N–H and O–H groups in total. The first-order valence-electron chi connectivity index (χ1n) is 6.84. The lowest BCUT2D eigenvalue weighted by Crippen LogP contribution is -2.38. The van der Waals surface area contributed by atoms with Crippen LogP contribution in [0.4, 0.5) is 0 Å². The molecule has 0 heterocycles. The molecule has 0 aliphatic heterocycles. The van der Waals surface area contributed by atoms with Crippen LogP contribution in [0.15, 0.2) is 29.2 Å². The van der Waals surface area contributed by atoms with E-state index in [1.54, 1.807) is 31.4 Å². The molecule has 116 valence electrons. The molecule has 0 saturated heterocycles. The summed E-state index contributed by atoms with van der Waals surface area (Å²) < 4.78 is 32.8. The van der Waals surface area contributed by atoms with Gasteiger partial charge in [-0.25, -0.2) is 13.1 Å². The third kappa shape index (κ3) is 5.48. The first-order chi connectivity index (χ1) is 10.0. The molecule has 0 bridgehead atoms. The van der Waals surface area contributed by atoms with Crippen LogP contribution < -0.4 is 10.5 Å². The topological polar surface area (TPSA) is 81.4 Å². The van der Waals surface area contributed by atoms with Crippen LogP contribution in [0.2, 0.25) is 0 Å². The van der Waals surface area contributed by atoms with Crippen molar-refractivity contribution in [3.63, 3.8) is 0 Å². The summed E-state index contributed by atoms with van der Waals surface area (Å²) in [5.74, 6) is 5.47. The molecule has 0 aliphatic rings. The fourth-order valence-corrected chi connectivity index (χ4v) is 3.38. The van der Waals surface area contributed by atoms with Crippen molar-refractivity contribution in [3.8, 4) is 11.8 Å². The van der Waals surface area contributed by atoms with E-state index in [-0.39, 0.29) is 17.5 Å². The lowest BCUT2D eigenvalue weighted by Gasteiger charge is -2.17. The highest BCUT2D eigenvalue weighted by Crippen LogP contribution is 2.15. The number of nitrogens with two attached hydrogens (primary N) is 1. The Morgan fingerprint density at radius 2 is 2.10 bits per heavy atom. The molecule has 0 aliphatic carbocycles. The summed E-state index contributed by atoms with van der Waals surface area (Å²) in [5.41, 5.74) is 5.79. The van der Waals surface area contributed by atoms with Crippen LogP contribution in [-0.2, 0) is 14.8 Å². The molecule has 0 saturated carbocycles. The van der Waals surface area contributed by atoms with Crippen LogP contribution >= 0.6 is 0 Å². The second kappa shape index (κ2) is 8.80. The van der Waals surface area contributed by atoms with Crippen molar-refractivity contribution in [2.45, 2.75) is 30.7 Å². The molecule has 21 heavy (non-hydrogen) atoms. The molecular formula is C15H22N2O3S. The highest BCUT2D eigenvalue weighted by atomic mass is 32.2. The Balaban J connectivity index is 3.07. The van der Waals surface area contributed by atoms with Crippen molar-refractivity contribution in [2.75, 3.05) is 20.3 Å². The standard InChI is InChI=1S/C15H22N2O3S/c1-3-7-14(12-20-2)17-21(18,19)15-10-5-4-8-13(15)9-6-11-16/h4-5,8,10,14,17H,3,7,11-12,16H2,1-2H3. The number of sulfonamides is 1. The fourth-order valence-electron chi connectivity index (χ4n) is 1.96. The van der Waals surface area contributed by atoms with Crippen molar-refractivity contribution >= 4 is 10.0 Å². The minimum atomic E-state index is -3.64. The van der Waals surface area contributed by atoms with Crippen LogP contribution in [-0.4, -0.2) is 34.7 Å². The number of methoxy groups -OCH3 is 1. The van der Waals surface area contributed by atoms with Crippen LogP contribution in [0, 0.1) is 11.8 Å². The van der Waals surface area contributed by atoms with Gasteiger partial charge in [0.05, 0.1) is 18.0 Å². The molecule has 1 atom stereocenters. The summed E-state index contributed by atoms with van der Waals surface area (Å²) in [6, 6.07) is 6.38. The van der Waals surface area contributed by atoms with Gasteiger partial charge in [-0.05, 0) is 18.6 Å². The average Bonchev–Trinajstić information content (AvgIpc) is 2.45. The molecular weight excluding hydrogens is 288 g/mol. The summed E-state index contributed by atoms with van der Waals surface area (Å²) in [6.45, 7) is 2.52. The maximum Gasteiger partial charge on any atom is 0.242 e. The van der Waals surface area contributed by atoms with Crippen LogP contribution in [0.5, 0.6) is 0 Å². The Morgan fingerprint density at radius 1 is 1.38 bits per heavy atom. The Morgan fingerprint density at radius 3 is 2.71 bits per heavy atom. The molecule has 0 radical (unpaired) electrons. The third-order valence-electron chi connectivity index (χ3n) is 2.83. The van der Waals surface area contributed by atoms with E-state index in [4.69, 9.17) is 10.5 Å². The molecule has 1 aromatic rings. The zero-order valence-electron chi connectivity index (χ0n) is 12.4. The minimum Gasteiger partial charge on any atom is -0.383 e. The van der Waals surface area contributed by atoms with Crippen LogP contribution in [0.25, 0.3) is 0 Å². The Hall–Kier alpha value is -1.39. The Labute approximate surface area is 126 Å². The lowest BCUT2D eigenvalue weighted by atomic mass is 10.2. The second-order valence-corrected chi connectivity index (χ2v) is 6.25. The largest absolute Gasteiger partial charge is 0.383 e. The van der Waals surface area contributed by atoms with E-state index in [9.17, 15) is 8.42 Å². The van der Waals surface area contributed by atoms with Gasteiger partial charge < -0.3 is 10.5 Å². The SMILES string of the molecule is CCCC(COC)NS(=O)(=O)c1ccccc1C#CCN. The summed E-state index contributed by atoms with van der Waals surface area (Å²) in [4.78, 5) is 0.170. The quantitative estimate of drug-likeness (QED) is 0.739. The molecule has 0 amide bonds. The smallest absolute Gasteiger partial charge is 0.242 e. The lowest BCUT2D eigenvalue weighted by molar-refractivity contribution is 0.171. The van der Waals surface area contributed by atoms with E-state index < -0.39 is 10.0 Å². The van der Waals surface area contributed by atoms with E-state index in [0.717, 1.165) is 6.42 Å². The maximum absolute atomic E-state index is 12.5. The zero-order chi connectivity index (χ0) is 15.7. The molecule has 0 aromatic heterocycles. The summed E-state index contributed by atoms with van der Waals surface area (Å²) in [5, 5.41) is 0. The number of hydrogen-bond donors (Lipinski definition) is 2.